The van der Waals surface area contributed by atoms with E-state index in [0.717, 1.165) is 44.3 Å². The lowest BCUT2D eigenvalue weighted by Crippen LogP contribution is -2.37. The number of hydrogen-bond acceptors (Lipinski definition) is 4. The van der Waals surface area contributed by atoms with Crippen LogP contribution < -0.4 is 0 Å². The molecule has 3 heterocycles. The zero-order chi connectivity index (χ0) is 20.2. The Balaban J connectivity index is 1.35. The summed E-state index contributed by atoms with van der Waals surface area (Å²) in [5, 5.41) is 0. The molecule has 0 atom stereocenters. The number of carbonyl (C=O) groups is 2. The van der Waals surface area contributed by atoms with Crippen LogP contribution in [0.4, 0.5) is 0 Å². The van der Waals surface area contributed by atoms with E-state index in [9.17, 15) is 9.59 Å². The Morgan fingerprint density at radius 3 is 2.41 bits per heavy atom. The van der Waals surface area contributed by atoms with Crippen molar-refractivity contribution in [2.45, 2.75) is 38.5 Å². The van der Waals surface area contributed by atoms with E-state index in [1.807, 2.05) is 53.1 Å². The van der Waals surface area contributed by atoms with E-state index in [0.29, 0.717) is 30.4 Å². The molecule has 6 nitrogen and oxygen atoms in total. The highest BCUT2D eigenvalue weighted by Crippen LogP contribution is 2.29. The van der Waals surface area contributed by atoms with Gasteiger partial charge in [-0.05, 0) is 44.2 Å². The number of piperidine rings is 1. The molecule has 29 heavy (non-hydrogen) atoms. The standard InChI is InChI=1S/C23H27N3O3/c1-17-21(23(28)26-13-5-6-14-26)24-22(29-17)19-11-15-25(16-12-19)20(27)10-9-18-7-3-2-4-8-18/h2-4,7-10,19H,5-6,11-16H2,1H3/b10-9+. The number of aromatic nitrogens is 1. The van der Waals surface area contributed by atoms with Crippen LogP contribution in [0.2, 0.25) is 0 Å². The number of aryl methyl sites for hydroxylation is 1. The molecule has 0 aliphatic carbocycles. The Kier molecular flexibility index (Phi) is 5.79. The van der Waals surface area contributed by atoms with Crippen LogP contribution in [-0.4, -0.2) is 52.8 Å². The smallest absolute Gasteiger partial charge is 0.276 e. The predicted octanol–water partition coefficient (Wildman–Crippen LogP) is 3.64. The first-order valence-corrected chi connectivity index (χ1v) is 10.4. The Hall–Kier alpha value is -2.89. The SMILES string of the molecule is Cc1oc(C2CCN(C(=O)/C=C/c3ccccc3)CC2)nc1C(=O)N1CCCC1. The van der Waals surface area contributed by atoms with Gasteiger partial charge in [0, 0.05) is 38.2 Å². The Morgan fingerprint density at radius 2 is 1.72 bits per heavy atom. The largest absolute Gasteiger partial charge is 0.445 e. The van der Waals surface area contributed by atoms with Gasteiger partial charge in [-0.2, -0.15) is 0 Å². The molecule has 2 fully saturated rings. The van der Waals surface area contributed by atoms with E-state index in [4.69, 9.17) is 4.42 Å². The maximum absolute atomic E-state index is 12.6. The Labute approximate surface area is 171 Å². The molecular weight excluding hydrogens is 366 g/mol. The molecule has 0 unspecified atom stereocenters. The van der Waals surface area contributed by atoms with Crippen LogP contribution in [-0.2, 0) is 4.79 Å². The highest BCUT2D eigenvalue weighted by Gasteiger charge is 2.30. The average Bonchev–Trinajstić information content (AvgIpc) is 3.42. The lowest BCUT2D eigenvalue weighted by Gasteiger charge is -2.29. The minimum Gasteiger partial charge on any atom is -0.445 e. The second-order valence-electron chi connectivity index (χ2n) is 7.80. The third-order valence-electron chi connectivity index (χ3n) is 5.78. The maximum atomic E-state index is 12.6. The van der Waals surface area contributed by atoms with E-state index in [2.05, 4.69) is 4.98 Å². The van der Waals surface area contributed by atoms with Gasteiger partial charge in [0.05, 0.1) is 0 Å². The van der Waals surface area contributed by atoms with E-state index in [1.54, 1.807) is 6.08 Å². The first-order valence-electron chi connectivity index (χ1n) is 10.4. The number of hydrogen-bond donors (Lipinski definition) is 0. The second-order valence-corrected chi connectivity index (χ2v) is 7.80. The fourth-order valence-electron chi connectivity index (χ4n) is 4.04. The van der Waals surface area contributed by atoms with Crippen molar-refractivity contribution in [2.24, 2.45) is 0 Å². The zero-order valence-corrected chi connectivity index (χ0v) is 16.8. The normalized spacial score (nSPS) is 18.0. The monoisotopic (exact) mass is 393 g/mol. The molecule has 0 radical (unpaired) electrons. The fraction of sp³-hybridized carbons (Fsp3) is 0.435. The molecule has 0 spiro atoms. The lowest BCUT2D eigenvalue weighted by molar-refractivity contribution is -0.127. The van der Waals surface area contributed by atoms with Gasteiger partial charge in [0.2, 0.25) is 5.91 Å². The number of nitrogens with zero attached hydrogens (tertiary/aromatic N) is 3. The predicted molar refractivity (Wildman–Crippen MR) is 110 cm³/mol. The Bertz CT molecular complexity index is 889. The molecular formula is C23H27N3O3. The first kappa shape index (κ1) is 19.4. The van der Waals surface area contributed by atoms with Gasteiger partial charge in [-0.15, -0.1) is 0 Å². The zero-order valence-electron chi connectivity index (χ0n) is 16.8. The molecule has 1 aromatic carbocycles. The molecule has 1 aromatic heterocycles. The van der Waals surface area contributed by atoms with E-state index < -0.39 is 0 Å². The van der Waals surface area contributed by atoms with Crippen molar-refractivity contribution in [1.82, 2.24) is 14.8 Å². The number of oxazole rings is 1. The third kappa shape index (κ3) is 4.42. The van der Waals surface area contributed by atoms with E-state index >= 15 is 0 Å². The van der Waals surface area contributed by atoms with Crippen molar-refractivity contribution < 1.29 is 14.0 Å². The van der Waals surface area contributed by atoms with Crippen molar-refractivity contribution in [3.63, 3.8) is 0 Å². The summed E-state index contributed by atoms with van der Waals surface area (Å²) in [6.45, 7) is 4.75. The summed E-state index contributed by atoms with van der Waals surface area (Å²) in [6.07, 6.45) is 7.19. The molecule has 0 N–H and O–H groups in total. The number of likely N-dealkylation sites (tertiary alicyclic amines) is 2. The third-order valence-corrected chi connectivity index (χ3v) is 5.78. The van der Waals surface area contributed by atoms with Crippen LogP contribution in [0, 0.1) is 6.92 Å². The highest BCUT2D eigenvalue weighted by molar-refractivity contribution is 5.93. The molecule has 2 aromatic rings. The van der Waals surface area contributed by atoms with Gasteiger partial charge in [-0.25, -0.2) is 4.98 Å². The first-order chi connectivity index (χ1) is 14.1. The van der Waals surface area contributed by atoms with Gasteiger partial charge in [0.1, 0.15) is 5.76 Å². The van der Waals surface area contributed by atoms with Crippen molar-refractivity contribution in [1.29, 1.82) is 0 Å². The highest BCUT2D eigenvalue weighted by atomic mass is 16.4. The topological polar surface area (TPSA) is 66.7 Å². The summed E-state index contributed by atoms with van der Waals surface area (Å²) in [7, 11) is 0. The van der Waals surface area contributed by atoms with Crippen LogP contribution in [0.5, 0.6) is 0 Å². The molecule has 152 valence electrons. The van der Waals surface area contributed by atoms with Crippen LogP contribution in [0.15, 0.2) is 40.8 Å². The molecule has 2 amide bonds. The van der Waals surface area contributed by atoms with Gasteiger partial charge in [-0.3, -0.25) is 9.59 Å². The van der Waals surface area contributed by atoms with E-state index in [1.165, 1.54) is 0 Å². The number of benzene rings is 1. The second kappa shape index (κ2) is 8.64. The molecule has 0 bridgehead atoms. The number of carbonyl (C=O) groups excluding carboxylic acids is 2. The van der Waals surface area contributed by atoms with Gasteiger partial charge in [-0.1, -0.05) is 30.3 Å². The van der Waals surface area contributed by atoms with Crippen LogP contribution in [0.3, 0.4) is 0 Å². The average molecular weight is 393 g/mol. The summed E-state index contributed by atoms with van der Waals surface area (Å²) in [6, 6.07) is 9.82. The lowest BCUT2D eigenvalue weighted by atomic mass is 9.96. The minimum absolute atomic E-state index is 0.0198. The summed E-state index contributed by atoms with van der Waals surface area (Å²) in [5.41, 5.74) is 1.47. The quantitative estimate of drug-likeness (QED) is 0.744. The van der Waals surface area contributed by atoms with Crippen LogP contribution in [0.25, 0.3) is 6.08 Å². The number of amides is 2. The Morgan fingerprint density at radius 1 is 1.03 bits per heavy atom. The summed E-state index contributed by atoms with van der Waals surface area (Å²) in [5.74, 6) is 1.39. The summed E-state index contributed by atoms with van der Waals surface area (Å²) < 4.78 is 5.86. The molecule has 4 rings (SSSR count). The van der Waals surface area contributed by atoms with Crippen molar-refractivity contribution in [3.05, 3.63) is 59.3 Å². The maximum Gasteiger partial charge on any atom is 0.276 e. The van der Waals surface area contributed by atoms with Crippen molar-refractivity contribution in [2.75, 3.05) is 26.2 Å². The molecule has 2 saturated heterocycles. The fourth-order valence-corrected chi connectivity index (χ4v) is 4.04. The van der Waals surface area contributed by atoms with Gasteiger partial charge < -0.3 is 14.2 Å². The van der Waals surface area contributed by atoms with Crippen LogP contribution in [0.1, 0.15) is 59.3 Å². The van der Waals surface area contributed by atoms with Gasteiger partial charge >= 0.3 is 0 Å². The number of rotatable bonds is 4. The van der Waals surface area contributed by atoms with Gasteiger partial charge in [0.15, 0.2) is 11.6 Å². The van der Waals surface area contributed by atoms with Crippen LogP contribution >= 0.6 is 0 Å². The van der Waals surface area contributed by atoms with Crippen molar-refractivity contribution in [3.8, 4) is 0 Å². The summed E-state index contributed by atoms with van der Waals surface area (Å²) >= 11 is 0. The minimum atomic E-state index is -0.0198. The molecule has 2 aliphatic heterocycles. The molecule has 2 aliphatic rings. The van der Waals surface area contributed by atoms with Gasteiger partial charge in [0.25, 0.3) is 5.91 Å². The van der Waals surface area contributed by atoms with E-state index in [-0.39, 0.29) is 17.7 Å². The molecule has 6 heteroatoms. The molecule has 0 saturated carbocycles. The summed E-state index contributed by atoms with van der Waals surface area (Å²) in [4.78, 5) is 33.4. The van der Waals surface area contributed by atoms with Crippen molar-refractivity contribution >= 4 is 17.9 Å².